The van der Waals surface area contributed by atoms with Crippen LogP contribution in [0.2, 0.25) is 0 Å². The minimum atomic E-state index is 0. The van der Waals surface area contributed by atoms with E-state index in [0.717, 1.165) is 16.4 Å². The van der Waals surface area contributed by atoms with E-state index in [2.05, 4.69) is 41.4 Å². The summed E-state index contributed by atoms with van der Waals surface area (Å²) in [5.41, 5.74) is 7.85. The molecule has 0 aliphatic rings. The number of rotatable bonds is 5. The van der Waals surface area contributed by atoms with E-state index in [-0.39, 0.29) is 29.4 Å². The van der Waals surface area contributed by atoms with Gasteiger partial charge in [-0.05, 0) is 12.1 Å². The smallest absolute Gasteiger partial charge is 0.193 e. The average molecular weight is 476 g/mol. The van der Waals surface area contributed by atoms with Crippen molar-refractivity contribution in [2.75, 3.05) is 19.5 Å². The van der Waals surface area contributed by atoms with Crippen molar-refractivity contribution < 1.29 is 9.47 Å². The Balaban J connectivity index is 0.00000312. The minimum absolute atomic E-state index is 0. The molecule has 0 aliphatic carbocycles. The maximum atomic E-state index is 5.95. The fraction of sp³-hybridized carbons (Fsp3) is 0.412. The lowest BCUT2D eigenvalue weighted by atomic mass is 9.93. The van der Waals surface area contributed by atoms with Gasteiger partial charge in [-0.25, -0.2) is 9.98 Å². The average Bonchev–Trinajstić information content (AvgIpc) is 3.02. The molecule has 0 fully saturated rings. The summed E-state index contributed by atoms with van der Waals surface area (Å²) in [7, 11) is 3.19. The number of guanidine groups is 1. The Morgan fingerprint density at radius 2 is 1.92 bits per heavy atom. The standard InChI is InChI=1S/C17H24N4O2S.HI/c1-17(2,3)14-10-24-15(21-14)9-19-16(18)20-11-6-7-12(22-4)13(8-11)23-5;/h6-8,10H,9H2,1-5H3,(H3,18,19,20);1H. The van der Waals surface area contributed by atoms with Crippen molar-refractivity contribution in [3.05, 3.63) is 34.3 Å². The molecule has 8 heteroatoms. The number of nitrogens with one attached hydrogen (secondary N) is 1. The Hall–Kier alpha value is -1.55. The Labute approximate surface area is 169 Å². The lowest BCUT2D eigenvalue weighted by Gasteiger charge is -2.14. The highest BCUT2D eigenvalue weighted by Gasteiger charge is 2.17. The van der Waals surface area contributed by atoms with Gasteiger partial charge in [0.15, 0.2) is 17.5 Å². The molecule has 1 aromatic carbocycles. The maximum Gasteiger partial charge on any atom is 0.193 e. The second-order valence-electron chi connectivity index (χ2n) is 6.27. The first-order chi connectivity index (χ1) is 11.3. The predicted octanol–water partition coefficient (Wildman–Crippen LogP) is 4.00. The van der Waals surface area contributed by atoms with Crippen molar-refractivity contribution >= 4 is 47.0 Å². The Kier molecular flexibility index (Phi) is 7.94. The van der Waals surface area contributed by atoms with Gasteiger partial charge in [0.1, 0.15) is 5.01 Å². The van der Waals surface area contributed by atoms with E-state index in [1.165, 1.54) is 0 Å². The molecule has 2 rings (SSSR count). The zero-order valence-corrected chi connectivity index (χ0v) is 18.3. The Morgan fingerprint density at radius 1 is 1.24 bits per heavy atom. The molecule has 2 aromatic rings. The summed E-state index contributed by atoms with van der Waals surface area (Å²) >= 11 is 1.60. The van der Waals surface area contributed by atoms with Crippen LogP contribution < -0.4 is 20.5 Å². The van der Waals surface area contributed by atoms with Crippen LogP contribution in [0.1, 0.15) is 31.5 Å². The van der Waals surface area contributed by atoms with Crippen LogP contribution in [-0.2, 0) is 12.0 Å². The monoisotopic (exact) mass is 476 g/mol. The molecule has 3 N–H and O–H groups in total. The SMILES string of the molecule is COc1ccc(NC(N)=NCc2nc(C(C)(C)C)cs2)cc1OC.I. The number of nitrogens with two attached hydrogens (primary N) is 1. The number of nitrogens with zero attached hydrogens (tertiary/aromatic N) is 2. The van der Waals surface area contributed by atoms with E-state index in [0.29, 0.717) is 24.0 Å². The minimum Gasteiger partial charge on any atom is -0.493 e. The molecule has 1 aromatic heterocycles. The maximum absolute atomic E-state index is 5.95. The van der Waals surface area contributed by atoms with Crippen molar-refractivity contribution in [2.45, 2.75) is 32.7 Å². The third-order valence-corrected chi connectivity index (χ3v) is 4.19. The summed E-state index contributed by atoms with van der Waals surface area (Å²) < 4.78 is 10.5. The van der Waals surface area contributed by atoms with Gasteiger partial charge < -0.3 is 20.5 Å². The second-order valence-corrected chi connectivity index (χ2v) is 7.22. The number of ether oxygens (including phenoxy) is 2. The molecule has 0 amide bonds. The third-order valence-electron chi connectivity index (χ3n) is 3.36. The molecule has 0 saturated heterocycles. The topological polar surface area (TPSA) is 81.8 Å². The number of methoxy groups -OCH3 is 2. The highest BCUT2D eigenvalue weighted by Crippen LogP contribution is 2.29. The van der Waals surface area contributed by atoms with Crippen molar-refractivity contribution in [1.29, 1.82) is 0 Å². The largest absolute Gasteiger partial charge is 0.493 e. The highest BCUT2D eigenvalue weighted by molar-refractivity contribution is 14.0. The number of aromatic nitrogens is 1. The van der Waals surface area contributed by atoms with Gasteiger partial charge in [0.05, 0.1) is 26.5 Å². The summed E-state index contributed by atoms with van der Waals surface area (Å²) in [6.45, 7) is 6.87. The molecule has 0 radical (unpaired) electrons. The van der Waals surface area contributed by atoms with Gasteiger partial charge in [0.25, 0.3) is 0 Å². The third kappa shape index (κ3) is 6.03. The van der Waals surface area contributed by atoms with E-state index < -0.39 is 0 Å². The molecule has 1 heterocycles. The molecule has 0 bridgehead atoms. The summed E-state index contributed by atoms with van der Waals surface area (Å²) in [4.78, 5) is 8.94. The predicted molar refractivity (Wildman–Crippen MR) is 115 cm³/mol. The van der Waals surface area contributed by atoms with Crippen LogP contribution in [0.3, 0.4) is 0 Å². The van der Waals surface area contributed by atoms with E-state index >= 15 is 0 Å². The summed E-state index contributed by atoms with van der Waals surface area (Å²) in [5.74, 6) is 1.62. The van der Waals surface area contributed by atoms with E-state index in [1.807, 2.05) is 18.2 Å². The van der Waals surface area contributed by atoms with Gasteiger partial charge in [-0.2, -0.15) is 0 Å². The fourth-order valence-corrected chi connectivity index (χ4v) is 2.93. The van der Waals surface area contributed by atoms with Crippen LogP contribution in [-0.4, -0.2) is 25.2 Å². The van der Waals surface area contributed by atoms with Crippen molar-refractivity contribution in [2.24, 2.45) is 10.7 Å². The number of thiazole rings is 1. The molecule has 0 spiro atoms. The van der Waals surface area contributed by atoms with Crippen LogP contribution in [0.15, 0.2) is 28.6 Å². The number of hydrogen-bond donors (Lipinski definition) is 2. The van der Waals surface area contributed by atoms with Crippen LogP contribution >= 0.6 is 35.3 Å². The lowest BCUT2D eigenvalue weighted by molar-refractivity contribution is 0.355. The van der Waals surface area contributed by atoms with Crippen molar-refractivity contribution in [1.82, 2.24) is 4.98 Å². The summed E-state index contributed by atoms with van der Waals surface area (Å²) in [6.07, 6.45) is 0. The van der Waals surface area contributed by atoms with Crippen molar-refractivity contribution in [3.8, 4) is 11.5 Å². The van der Waals surface area contributed by atoms with Gasteiger partial charge in [0.2, 0.25) is 0 Å². The normalized spacial score (nSPS) is 11.6. The molecule has 0 unspecified atom stereocenters. The number of anilines is 1. The number of hydrogen-bond acceptors (Lipinski definition) is 5. The van der Waals surface area contributed by atoms with E-state index in [4.69, 9.17) is 15.2 Å². The molecule has 0 atom stereocenters. The molecular weight excluding hydrogens is 451 g/mol. The summed E-state index contributed by atoms with van der Waals surface area (Å²) in [5, 5.41) is 6.06. The number of benzene rings is 1. The fourth-order valence-electron chi connectivity index (χ4n) is 1.98. The van der Waals surface area contributed by atoms with Crippen LogP contribution in [0.5, 0.6) is 11.5 Å². The van der Waals surface area contributed by atoms with Crippen molar-refractivity contribution in [3.63, 3.8) is 0 Å². The van der Waals surface area contributed by atoms with Gasteiger partial charge in [-0.1, -0.05) is 20.8 Å². The first kappa shape index (κ1) is 21.5. The quantitative estimate of drug-likeness (QED) is 0.387. The molecule has 6 nitrogen and oxygen atoms in total. The van der Waals surface area contributed by atoms with E-state index in [9.17, 15) is 0 Å². The first-order valence-corrected chi connectivity index (χ1v) is 8.45. The highest BCUT2D eigenvalue weighted by atomic mass is 127. The zero-order valence-electron chi connectivity index (χ0n) is 15.1. The first-order valence-electron chi connectivity index (χ1n) is 7.57. The molecule has 0 aliphatic heterocycles. The van der Waals surface area contributed by atoms with Gasteiger partial charge in [0, 0.05) is 22.5 Å². The number of halogens is 1. The molecule has 25 heavy (non-hydrogen) atoms. The Morgan fingerprint density at radius 3 is 2.48 bits per heavy atom. The van der Waals surface area contributed by atoms with Crippen LogP contribution in [0.25, 0.3) is 0 Å². The molecule has 0 saturated carbocycles. The van der Waals surface area contributed by atoms with Gasteiger partial charge in [-0.3, -0.25) is 0 Å². The lowest BCUT2D eigenvalue weighted by Crippen LogP contribution is -2.22. The molecule has 138 valence electrons. The van der Waals surface area contributed by atoms with E-state index in [1.54, 1.807) is 25.6 Å². The second kappa shape index (κ2) is 9.23. The molecular formula is C17H25IN4O2S. The van der Waals surface area contributed by atoms with Gasteiger partial charge in [-0.15, -0.1) is 35.3 Å². The number of aliphatic imine (C=N–C) groups is 1. The van der Waals surface area contributed by atoms with Crippen LogP contribution in [0.4, 0.5) is 5.69 Å². The summed E-state index contributed by atoms with van der Waals surface area (Å²) in [6, 6.07) is 5.47. The van der Waals surface area contributed by atoms with Crippen LogP contribution in [0, 0.1) is 0 Å². The Bertz CT molecular complexity index is 726. The van der Waals surface area contributed by atoms with Gasteiger partial charge >= 0.3 is 0 Å². The zero-order chi connectivity index (χ0) is 17.7.